The van der Waals surface area contributed by atoms with Crippen molar-refractivity contribution in [1.82, 2.24) is 4.90 Å². The molecule has 2 aromatic carbocycles. The van der Waals surface area contributed by atoms with Crippen molar-refractivity contribution in [3.63, 3.8) is 0 Å². The lowest BCUT2D eigenvalue weighted by Crippen LogP contribution is -2.40. The summed E-state index contributed by atoms with van der Waals surface area (Å²) in [4.78, 5) is 27.5. The van der Waals surface area contributed by atoms with E-state index in [2.05, 4.69) is 55.5 Å². The molecule has 27 heavy (non-hydrogen) atoms. The van der Waals surface area contributed by atoms with Crippen LogP contribution in [0.1, 0.15) is 66.7 Å². The van der Waals surface area contributed by atoms with Crippen molar-refractivity contribution in [3.05, 3.63) is 70.8 Å². The summed E-state index contributed by atoms with van der Waals surface area (Å²) in [6.07, 6.45) is 2.86. The van der Waals surface area contributed by atoms with E-state index in [0.717, 1.165) is 12.8 Å². The Balaban J connectivity index is 1.63. The molecule has 4 aliphatic rings. The first-order chi connectivity index (χ1) is 13.2. The number of likely N-dealkylation sites (tertiary alicyclic amines) is 1. The van der Waals surface area contributed by atoms with Crippen LogP contribution in [0.5, 0.6) is 0 Å². The van der Waals surface area contributed by atoms with Crippen molar-refractivity contribution in [2.75, 3.05) is 6.54 Å². The van der Waals surface area contributed by atoms with Gasteiger partial charge in [0.25, 0.3) is 0 Å². The van der Waals surface area contributed by atoms with Crippen molar-refractivity contribution < 1.29 is 9.59 Å². The molecule has 2 unspecified atom stereocenters. The Morgan fingerprint density at radius 2 is 1.19 bits per heavy atom. The number of amides is 2. The molecule has 0 N–H and O–H groups in total. The fraction of sp³-hybridized carbons (Fsp3) is 0.417. The van der Waals surface area contributed by atoms with Crippen molar-refractivity contribution >= 4 is 11.8 Å². The molecule has 1 aliphatic heterocycles. The van der Waals surface area contributed by atoms with Gasteiger partial charge < -0.3 is 0 Å². The van der Waals surface area contributed by atoms with Gasteiger partial charge in [-0.2, -0.15) is 0 Å². The summed E-state index contributed by atoms with van der Waals surface area (Å²) in [6, 6.07) is 17.3. The van der Waals surface area contributed by atoms with Gasteiger partial charge in [0.2, 0.25) is 11.8 Å². The number of nitrogens with zero attached hydrogens (tertiary/aromatic N) is 1. The van der Waals surface area contributed by atoms with E-state index in [4.69, 9.17) is 0 Å². The quantitative estimate of drug-likeness (QED) is 0.759. The SMILES string of the molecule is CCCCN1C(=O)CC2C3c4ccccc4C(c4ccccc43)C2CC1=O. The van der Waals surface area contributed by atoms with Crippen molar-refractivity contribution in [1.29, 1.82) is 0 Å². The minimum absolute atomic E-state index is 0.0310. The van der Waals surface area contributed by atoms with Gasteiger partial charge in [0.1, 0.15) is 0 Å². The van der Waals surface area contributed by atoms with Gasteiger partial charge in [-0.15, -0.1) is 0 Å². The Morgan fingerprint density at radius 3 is 1.56 bits per heavy atom. The Kier molecular flexibility index (Phi) is 3.92. The van der Waals surface area contributed by atoms with E-state index in [1.807, 2.05) is 0 Å². The molecule has 138 valence electrons. The molecule has 0 spiro atoms. The van der Waals surface area contributed by atoms with Gasteiger partial charge in [0.05, 0.1) is 0 Å². The molecule has 2 atom stereocenters. The van der Waals surface area contributed by atoms with Crippen LogP contribution in [0.2, 0.25) is 0 Å². The second-order valence-electron chi connectivity index (χ2n) is 8.24. The molecule has 2 bridgehead atoms. The predicted octanol–water partition coefficient (Wildman–Crippen LogP) is 4.46. The van der Waals surface area contributed by atoms with Crippen LogP contribution in [0.3, 0.4) is 0 Å². The maximum absolute atomic E-state index is 13.0. The second kappa shape index (κ2) is 6.33. The van der Waals surface area contributed by atoms with Crippen molar-refractivity contribution in [2.45, 2.75) is 44.4 Å². The lowest BCUT2D eigenvalue weighted by molar-refractivity contribution is -0.144. The van der Waals surface area contributed by atoms with Crippen LogP contribution in [0, 0.1) is 11.8 Å². The first-order valence-electron chi connectivity index (χ1n) is 10.2. The first kappa shape index (κ1) is 16.7. The molecule has 3 nitrogen and oxygen atoms in total. The number of benzene rings is 2. The number of carbonyl (C=O) groups is 2. The molecule has 1 heterocycles. The van der Waals surface area contributed by atoms with Crippen LogP contribution in [-0.2, 0) is 9.59 Å². The van der Waals surface area contributed by atoms with Crippen LogP contribution in [-0.4, -0.2) is 23.3 Å². The van der Waals surface area contributed by atoms with Crippen LogP contribution in [0.15, 0.2) is 48.5 Å². The van der Waals surface area contributed by atoms with E-state index in [-0.39, 0.29) is 35.5 Å². The highest BCUT2D eigenvalue weighted by Crippen LogP contribution is 2.60. The maximum Gasteiger partial charge on any atom is 0.229 e. The predicted molar refractivity (Wildman–Crippen MR) is 104 cm³/mol. The monoisotopic (exact) mass is 359 g/mol. The third-order valence-corrected chi connectivity index (χ3v) is 6.90. The van der Waals surface area contributed by atoms with E-state index in [9.17, 15) is 9.59 Å². The fourth-order valence-corrected chi connectivity index (χ4v) is 5.77. The number of hydrogen-bond acceptors (Lipinski definition) is 2. The fourth-order valence-electron chi connectivity index (χ4n) is 5.77. The molecule has 2 amide bonds. The van der Waals surface area contributed by atoms with Crippen LogP contribution in [0.25, 0.3) is 0 Å². The minimum Gasteiger partial charge on any atom is -0.283 e. The van der Waals surface area contributed by atoms with E-state index in [0.29, 0.717) is 19.4 Å². The van der Waals surface area contributed by atoms with Gasteiger partial charge in [-0.1, -0.05) is 61.9 Å². The van der Waals surface area contributed by atoms with Gasteiger partial charge in [-0.25, -0.2) is 0 Å². The number of unbranched alkanes of at least 4 members (excludes halogenated alkanes) is 1. The van der Waals surface area contributed by atoms with Crippen molar-refractivity contribution in [3.8, 4) is 0 Å². The Morgan fingerprint density at radius 1 is 0.778 bits per heavy atom. The smallest absolute Gasteiger partial charge is 0.229 e. The Bertz CT molecular complexity index is 801. The summed E-state index contributed by atoms with van der Waals surface area (Å²) in [5.74, 6) is 0.975. The topological polar surface area (TPSA) is 37.4 Å². The van der Waals surface area contributed by atoms with E-state index < -0.39 is 0 Å². The Hall–Kier alpha value is -2.42. The highest BCUT2D eigenvalue weighted by atomic mass is 16.2. The van der Waals surface area contributed by atoms with Crippen LogP contribution >= 0.6 is 0 Å². The number of rotatable bonds is 3. The standard InChI is InChI=1S/C24H25NO2/c1-2-3-12-25-21(26)13-19-20(14-22(25)27)24-16-9-5-4-8-15(16)23(19)17-10-6-7-11-18(17)24/h4-11,19-20,23-24H,2-3,12-14H2,1H3. The second-order valence-corrected chi connectivity index (χ2v) is 8.24. The highest BCUT2D eigenvalue weighted by Gasteiger charge is 2.52. The van der Waals surface area contributed by atoms with E-state index in [1.165, 1.54) is 22.3 Å². The molecule has 2 aromatic rings. The molecular formula is C24H25NO2. The van der Waals surface area contributed by atoms with Crippen LogP contribution < -0.4 is 0 Å². The van der Waals surface area contributed by atoms with Gasteiger partial charge in [-0.05, 0) is 40.5 Å². The summed E-state index contributed by atoms with van der Waals surface area (Å²) < 4.78 is 0. The molecule has 6 rings (SSSR count). The number of hydrogen-bond donors (Lipinski definition) is 0. The first-order valence-corrected chi connectivity index (χ1v) is 10.2. The third kappa shape index (κ3) is 2.40. The average Bonchev–Trinajstić information content (AvgIpc) is 2.81. The average molecular weight is 359 g/mol. The van der Waals surface area contributed by atoms with Gasteiger partial charge in [0, 0.05) is 31.2 Å². The van der Waals surface area contributed by atoms with Gasteiger partial charge in [0.15, 0.2) is 0 Å². The lowest BCUT2D eigenvalue weighted by Gasteiger charge is -2.50. The number of carbonyl (C=O) groups excluding carboxylic acids is 2. The molecular weight excluding hydrogens is 334 g/mol. The summed E-state index contributed by atoms with van der Waals surface area (Å²) in [6.45, 7) is 2.67. The molecule has 0 saturated carbocycles. The number of imide groups is 1. The normalized spacial score (nSPS) is 28.4. The summed E-state index contributed by atoms with van der Waals surface area (Å²) in [7, 11) is 0. The summed E-state index contributed by atoms with van der Waals surface area (Å²) in [5, 5.41) is 0. The lowest BCUT2D eigenvalue weighted by atomic mass is 9.53. The highest BCUT2D eigenvalue weighted by molar-refractivity contribution is 5.96. The van der Waals surface area contributed by atoms with Crippen LogP contribution in [0.4, 0.5) is 0 Å². The van der Waals surface area contributed by atoms with E-state index in [1.54, 1.807) is 4.90 Å². The third-order valence-electron chi connectivity index (χ3n) is 6.90. The summed E-state index contributed by atoms with van der Waals surface area (Å²) >= 11 is 0. The molecule has 1 saturated heterocycles. The zero-order valence-corrected chi connectivity index (χ0v) is 15.7. The zero-order valence-electron chi connectivity index (χ0n) is 15.7. The zero-order chi connectivity index (χ0) is 18.5. The Labute approximate surface area is 160 Å². The molecule has 0 radical (unpaired) electrons. The van der Waals surface area contributed by atoms with Gasteiger partial charge in [-0.3, -0.25) is 14.5 Å². The summed E-state index contributed by atoms with van der Waals surface area (Å²) in [5.41, 5.74) is 5.46. The molecule has 1 fully saturated rings. The largest absolute Gasteiger partial charge is 0.283 e. The van der Waals surface area contributed by atoms with Crippen molar-refractivity contribution in [2.24, 2.45) is 11.8 Å². The molecule has 3 aliphatic carbocycles. The van der Waals surface area contributed by atoms with E-state index >= 15 is 0 Å². The molecule has 0 aromatic heterocycles. The maximum atomic E-state index is 13.0. The minimum atomic E-state index is 0.0310. The van der Waals surface area contributed by atoms with Gasteiger partial charge >= 0.3 is 0 Å². The molecule has 3 heteroatoms.